The Balaban J connectivity index is 1.67. The highest BCUT2D eigenvalue weighted by Gasteiger charge is 2.27. The standard InChI is InChI=1S/C18H22FN7O/c1-18(2,3)14(10-26-9-8-20-11-26)21-17(27)23-16-22-15(24-25-16)12-6-4-5-7-13(12)19/h4-9,11,14H,10H2,1-3H3,(H3,21,22,23,24,25,27)/t14-/m1/s1. The van der Waals surface area contributed by atoms with E-state index in [1.165, 1.54) is 6.07 Å². The maximum Gasteiger partial charge on any atom is 0.321 e. The van der Waals surface area contributed by atoms with E-state index in [1.807, 2.05) is 31.5 Å². The molecule has 0 bridgehead atoms. The van der Waals surface area contributed by atoms with Crippen molar-refractivity contribution < 1.29 is 9.18 Å². The van der Waals surface area contributed by atoms with Crippen molar-refractivity contribution in [1.82, 2.24) is 30.0 Å². The smallest absolute Gasteiger partial charge is 0.321 e. The minimum atomic E-state index is -0.436. The summed E-state index contributed by atoms with van der Waals surface area (Å²) < 4.78 is 15.7. The lowest BCUT2D eigenvalue weighted by Crippen LogP contribution is -2.48. The van der Waals surface area contributed by atoms with Gasteiger partial charge in [-0.25, -0.2) is 14.2 Å². The first kappa shape index (κ1) is 18.6. The van der Waals surface area contributed by atoms with E-state index in [0.717, 1.165) is 0 Å². The average Bonchev–Trinajstić information content (AvgIpc) is 3.26. The zero-order valence-corrected chi connectivity index (χ0v) is 15.4. The maximum absolute atomic E-state index is 13.8. The summed E-state index contributed by atoms with van der Waals surface area (Å²) in [6.45, 7) is 6.69. The average molecular weight is 371 g/mol. The Labute approximate surface area is 156 Å². The fourth-order valence-electron chi connectivity index (χ4n) is 2.53. The number of benzene rings is 1. The summed E-state index contributed by atoms with van der Waals surface area (Å²) in [5.74, 6) is -0.104. The van der Waals surface area contributed by atoms with Gasteiger partial charge in [-0.1, -0.05) is 32.9 Å². The number of aromatic nitrogens is 5. The van der Waals surface area contributed by atoms with Gasteiger partial charge in [-0.3, -0.25) is 10.4 Å². The van der Waals surface area contributed by atoms with Crippen molar-refractivity contribution in [2.75, 3.05) is 5.32 Å². The normalized spacial score (nSPS) is 12.6. The van der Waals surface area contributed by atoms with Crippen molar-refractivity contribution >= 4 is 12.0 Å². The van der Waals surface area contributed by atoms with E-state index in [4.69, 9.17) is 0 Å². The van der Waals surface area contributed by atoms with Crippen molar-refractivity contribution in [2.24, 2.45) is 5.41 Å². The third-order valence-electron chi connectivity index (χ3n) is 4.14. The first-order valence-corrected chi connectivity index (χ1v) is 8.53. The largest absolute Gasteiger partial charge is 0.335 e. The number of halogens is 1. The number of nitrogens with zero attached hydrogens (tertiary/aromatic N) is 4. The molecule has 0 radical (unpaired) electrons. The predicted molar refractivity (Wildman–Crippen MR) is 99.4 cm³/mol. The van der Waals surface area contributed by atoms with Crippen molar-refractivity contribution in [2.45, 2.75) is 33.4 Å². The molecule has 0 aliphatic heterocycles. The molecule has 2 amide bonds. The Morgan fingerprint density at radius 2 is 2.11 bits per heavy atom. The Morgan fingerprint density at radius 3 is 2.78 bits per heavy atom. The van der Waals surface area contributed by atoms with Crippen LogP contribution in [0.1, 0.15) is 20.8 Å². The number of H-pyrrole nitrogens is 1. The molecule has 0 aliphatic carbocycles. The Kier molecular flexibility index (Phi) is 5.20. The molecule has 1 aromatic carbocycles. The monoisotopic (exact) mass is 371 g/mol. The summed E-state index contributed by atoms with van der Waals surface area (Å²) in [6.07, 6.45) is 5.24. The molecule has 142 valence electrons. The van der Waals surface area contributed by atoms with Crippen LogP contribution in [0.25, 0.3) is 11.4 Å². The Hall–Kier alpha value is -3.23. The first-order chi connectivity index (χ1) is 12.8. The highest BCUT2D eigenvalue weighted by Crippen LogP contribution is 2.21. The highest BCUT2D eigenvalue weighted by atomic mass is 19.1. The van der Waals surface area contributed by atoms with Gasteiger partial charge in [-0.2, -0.15) is 4.98 Å². The van der Waals surface area contributed by atoms with E-state index in [9.17, 15) is 9.18 Å². The number of hydrogen-bond acceptors (Lipinski definition) is 4. The van der Waals surface area contributed by atoms with E-state index in [1.54, 1.807) is 30.7 Å². The molecule has 2 heterocycles. The predicted octanol–water partition coefficient (Wildman–Crippen LogP) is 3.04. The van der Waals surface area contributed by atoms with Gasteiger partial charge in [-0.15, -0.1) is 5.10 Å². The number of nitrogens with one attached hydrogen (secondary N) is 3. The second-order valence-corrected chi connectivity index (χ2v) is 7.26. The lowest BCUT2D eigenvalue weighted by Gasteiger charge is -2.31. The molecule has 2 aromatic heterocycles. The molecule has 0 spiro atoms. The number of hydrogen-bond donors (Lipinski definition) is 3. The van der Waals surface area contributed by atoms with Crippen molar-refractivity contribution in [3.8, 4) is 11.4 Å². The quantitative estimate of drug-likeness (QED) is 0.642. The lowest BCUT2D eigenvalue weighted by molar-refractivity contribution is 0.218. The summed E-state index contributed by atoms with van der Waals surface area (Å²) in [7, 11) is 0. The minimum Gasteiger partial charge on any atom is -0.335 e. The topological polar surface area (TPSA) is 101 Å². The van der Waals surface area contributed by atoms with Gasteiger partial charge in [-0.05, 0) is 17.5 Å². The highest BCUT2D eigenvalue weighted by molar-refractivity contribution is 5.87. The maximum atomic E-state index is 13.8. The van der Waals surface area contributed by atoms with Crippen LogP contribution in [0.2, 0.25) is 0 Å². The molecule has 9 heteroatoms. The summed E-state index contributed by atoms with van der Waals surface area (Å²) in [6, 6.07) is 5.62. The summed E-state index contributed by atoms with van der Waals surface area (Å²) in [4.78, 5) is 20.6. The molecule has 8 nitrogen and oxygen atoms in total. The molecule has 0 fully saturated rings. The van der Waals surface area contributed by atoms with Crippen molar-refractivity contribution in [3.63, 3.8) is 0 Å². The molecular weight excluding hydrogens is 349 g/mol. The minimum absolute atomic E-state index is 0.0704. The third-order valence-corrected chi connectivity index (χ3v) is 4.14. The lowest BCUT2D eigenvalue weighted by atomic mass is 9.86. The van der Waals surface area contributed by atoms with Crippen LogP contribution in [0.15, 0.2) is 43.0 Å². The Morgan fingerprint density at radius 1 is 1.33 bits per heavy atom. The van der Waals surface area contributed by atoms with Crippen LogP contribution in [-0.4, -0.2) is 36.8 Å². The van der Waals surface area contributed by atoms with Gasteiger partial charge in [0, 0.05) is 18.9 Å². The second-order valence-electron chi connectivity index (χ2n) is 7.26. The molecule has 1 atom stereocenters. The van der Waals surface area contributed by atoms with Gasteiger partial charge in [0.15, 0.2) is 5.82 Å². The van der Waals surface area contributed by atoms with Crippen LogP contribution in [0.4, 0.5) is 15.1 Å². The summed E-state index contributed by atoms with van der Waals surface area (Å²) in [5, 5.41) is 12.1. The SMILES string of the molecule is CC(C)(C)[C@@H](Cn1ccnc1)NC(=O)Nc1n[nH]c(-c2ccccc2F)n1. The number of amides is 2. The zero-order chi connectivity index (χ0) is 19.4. The van der Waals surface area contributed by atoms with Gasteiger partial charge in [0.25, 0.3) is 0 Å². The molecule has 3 aromatic rings. The van der Waals surface area contributed by atoms with E-state index < -0.39 is 11.8 Å². The number of rotatable bonds is 5. The van der Waals surface area contributed by atoms with Gasteiger partial charge < -0.3 is 9.88 Å². The molecular formula is C18H22FN7O. The number of imidazole rings is 1. The fraction of sp³-hybridized carbons (Fsp3) is 0.333. The second kappa shape index (κ2) is 7.56. The zero-order valence-electron chi connectivity index (χ0n) is 15.4. The van der Waals surface area contributed by atoms with Gasteiger partial charge in [0.05, 0.1) is 17.9 Å². The van der Waals surface area contributed by atoms with E-state index >= 15 is 0 Å². The number of aromatic amines is 1. The van der Waals surface area contributed by atoms with E-state index in [2.05, 4.69) is 30.8 Å². The third kappa shape index (κ3) is 4.69. The number of urea groups is 1. The van der Waals surface area contributed by atoms with Crippen LogP contribution in [0.3, 0.4) is 0 Å². The van der Waals surface area contributed by atoms with Crippen LogP contribution >= 0.6 is 0 Å². The van der Waals surface area contributed by atoms with E-state index in [-0.39, 0.29) is 28.8 Å². The summed E-state index contributed by atoms with van der Waals surface area (Å²) >= 11 is 0. The molecule has 0 aliphatic rings. The van der Waals surface area contributed by atoms with Gasteiger partial charge in [0.1, 0.15) is 5.82 Å². The molecule has 0 saturated heterocycles. The molecule has 3 N–H and O–H groups in total. The number of carbonyl (C=O) groups excluding carboxylic acids is 1. The Bertz CT molecular complexity index is 899. The molecule has 0 unspecified atom stereocenters. The van der Waals surface area contributed by atoms with Crippen LogP contribution in [-0.2, 0) is 6.54 Å². The molecule has 3 rings (SSSR count). The first-order valence-electron chi connectivity index (χ1n) is 8.53. The molecule has 0 saturated carbocycles. The summed E-state index contributed by atoms with van der Waals surface area (Å²) in [5.41, 5.74) is 0.102. The van der Waals surface area contributed by atoms with E-state index in [0.29, 0.717) is 6.54 Å². The van der Waals surface area contributed by atoms with Gasteiger partial charge in [0.2, 0.25) is 5.95 Å². The number of carbonyl (C=O) groups is 1. The number of anilines is 1. The van der Waals surface area contributed by atoms with Gasteiger partial charge >= 0.3 is 6.03 Å². The van der Waals surface area contributed by atoms with Crippen molar-refractivity contribution in [3.05, 3.63) is 48.8 Å². The van der Waals surface area contributed by atoms with Crippen LogP contribution < -0.4 is 10.6 Å². The van der Waals surface area contributed by atoms with Crippen LogP contribution in [0, 0.1) is 11.2 Å². The molecule has 27 heavy (non-hydrogen) atoms. The van der Waals surface area contributed by atoms with Crippen molar-refractivity contribution in [1.29, 1.82) is 0 Å². The van der Waals surface area contributed by atoms with Crippen LogP contribution in [0.5, 0.6) is 0 Å². The fourth-order valence-corrected chi connectivity index (χ4v) is 2.53.